The van der Waals surface area contributed by atoms with E-state index in [9.17, 15) is 14.7 Å². The molecule has 1 amide bonds. The molecule has 1 N–H and O–H groups in total. The fourth-order valence-corrected chi connectivity index (χ4v) is 4.37. The van der Waals surface area contributed by atoms with E-state index >= 15 is 0 Å². The van der Waals surface area contributed by atoms with Crippen molar-refractivity contribution in [2.45, 2.75) is 6.04 Å². The molecule has 164 valence electrons. The Bertz CT molecular complexity index is 1420. The van der Waals surface area contributed by atoms with Crippen molar-refractivity contribution in [1.82, 2.24) is 0 Å². The van der Waals surface area contributed by atoms with Crippen LogP contribution in [0.25, 0.3) is 16.5 Å². The highest BCUT2D eigenvalue weighted by atomic mass is 35.5. The predicted octanol–water partition coefficient (Wildman–Crippen LogP) is 5.72. The number of carbonyl (C=O) groups excluding carboxylic acids is 2. The van der Waals surface area contributed by atoms with Gasteiger partial charge in [0.2, 0.25) is 0 Å². The molecule has 0 bridgehead atoms. The van der Waals surface area contributed by atoms with Crippen molar-refractivity contribution < 1.29 is 23.8 Å². The molecule has 0 saturated carbocycles. The molecule has 0 aliphatic carbocycles. The summed E-state index contributed by atoms with van der Waals surface area (Å²) < 4.78 is 10.9. The Morgan fingerprint density at radius 2 is 1.82 bits per heavy atom. The number of benzene rings is 3. The molecule has 5 rings (SSSR count). The Hall–Kier alpha value is -4.03. The summed E-state index contributed by atoms with van der Waals surface area (Å²) in [5.74, 6) is -1.22. The number of hydrogen-bond acceptors (Lipinski definition) is 5. The van der Waals surface area contributed by atoms with Crippen molar-refractivity contribution in [1.29, 1.82) is 0 Å². The van der Waals surface area contributed by atoms with E-state index in [0.29, 0.717) is 27.8 Å². The minimum Gasteiger partial charge on any atom is -0.507 e. The molecule has 33 heavy (non-hydrogen) atoms. The second kappa shape index (κ2) is 8.15. The molecule has 3 aromatic carbocycles. The second-order valence-corrected chi connectivity index (χ2v) is 7.94. The topological polar surface area (TPSA) is 80.0 Å². The first-order chi connectivity index (χ1) is 16.0. The van der Waals surface area contributed by atoms with Crippen molar-refractivity contribution in [3.05, 3.63) is 101 Å². The Morgan fingerprint density at radius 3 is 2.58 bits per heavy atom. The van der Waals surface area contributed by atoms with Crippen LogP contribution in [0.4, 0.5) is 5.69 Å². The van der Waals surface area contributed by atoms with E-state index in [1.54, 1.807) is 30.3 Å². The van der Waals surface area contributed by atoms with Crippen LogP contribution in [0, 0.1) is 0 Å². The van der Waals surface area contributed by atoms with E-state index in [0.717, 1.165) is 10.8 Å². The van der Waals surface area contributed by atoms with Crippen molar-refractivity contribution in [3.63, 3.8) is 0 Å². The van der Waals surface area contributed by atoms with Crippen LogP contribution in [0.1, 0.15) is 17.4 Å². The Labute approximate surface area is 194 Å². The number of aliphatic hydroxyl groups excluding tert-OH is 1. The number of hydrogen-bond donors (Lipinski definition) is 1. The fourth-order valence-electron chi connectivity index (χ4n) is 4.18. The summed E-state index contributed by atoms with van der Waals surface area (Å²) in [5.41, 5.74) is 0.764. The van der Waals surface area contributed by atoms with Gasteiger partial charge in [-0.2, -0.15) is 0 Å². The van der Waals surface area contributed by atoms with Gasteiger partial charge in [0.25, 0.3) is 11.7 Å². The maximum Gasteiger partial charge on any atom is 0.300 e. The van der Waals surface area contributed by atoms with E-state index < -0.39 is 17.7 Å². The van der Waals surface area contributed by atoms with Crippen molar-refractivity contribution in [2.24, 2.45) is 0 Å². The van der Waals surface area contributed by atoms with Gasteiger partial charge >= 0.3 is 0 Å². The van der Waals surface area contributed by atoms with Gasteiger partial charge < -0.3 is 14.3 Å². The normalized spacial score (nSPS) is 17.6. The molecular formula is C26H18ClNO5. The van der Waals surface area contributed by atoms with Gasteiger partial charge in [0.1, 0.15) is 23.3 Å². The van der Waals surface area contributed by atoms with Gasteiger partial charge in [-0.15, -0.1) is 0 Å². The van der Waals surface area contributed by atoms with Crippen LogP contribution in [0.5, 0.6) is 5.75 Å². The summed E-state index contributed by atoms with van der Waals surface area (Å²) in [6.45, 7) is 0. The third-order valence-electron chi connectivity index (χ3n) is 5.71. The average Bonchev–Trinajstić information content (AvgIpc) is 3.45. The van der Waals surface area contributed by atoms with Crippen LogP contribution in [-0.2, 0) is 9.59 Å². The zero-order chi connectivity index (χ0) is 23.1. The molecule has 1 saturated heterocycles. The molecule has 6 nitrogen and oxygen atoms in total. The molecule has 1 unspecified atom stereocenters. The van der Waals surface area contributed by atoms with E-state index in [-0.39, 0.29) is 11.3 Å². The van der Waals surface area contributed by atoms with Crippen LogP contribution < -0.4 is 9.64 Å². The van der Waals surface area contributed by atoms with Gasteiger partial charge in [0, 0.05) is 10.9 Å². The van der Waals surface area contributed by atoms with Gasteiger partial charge in [-0.3, -0.25) is 14.5 Å². The highest BCUT2D eigenvalue weighted by Crippen LogP contribution is 2.44. The molecule has 1 fully saturated rings. The molecule has 1 aromatic heterocycles. The summed E-state index contributed by atoms with van der Waals surface area (Å²) in [6.07, 6.45) is 1.46. The number of carbonyl (C=O) groups is 2. The number of furan rings is 1. The average molecular weight is 460 g/mol. The van der Waals surface area contributed by atoms with Crippen LogP contribution in [0.15, 0.2) is 89.0 Å². The lowest BCUT2D eigenvalue weighted by Gasteiger charge is -2.24. The minimum atomic E-state index is -0.951. The third kappa shape index (κ3) is 3.36. The molecular weight excluding hydrogens is 442 g/mol. The maximum atomic E-state index is 13.3. The van der Waals surface area contributed by atoms with Gasteiger partial charge in [-0.25, -0.2) is 0 Å². The molecule has 1 aliphatic rings. The predicted molar refractivity (Wildman–Crippen MR) is 125 cm³/mol. The lowest BCUT2D eigenvalue weighted by molar-refractivity contribution is -0.132. The Balaban J connectivity index is 1.75. The van der Waals surface area contributed by atoms with Gasteiger partial charge in [-0.1, -0.05) is 48.0 Å². The number of nitrogens with zero attached hydrogens (tertiary/aromatic N) is 1. The summed E-state index contributed by atoms with van der Waals surface area (Å²) in [6, 6.07) is 20.1. The molecule has 2 heterocycles. The molecule has 1 atom stereocenters. The first kappa shape index (κ1) is 20.8. The zero-order valence-corrected chi connectivity index (χ0v) is 18.2. The SMILES string of the molecule is COc1cc(/C(O)=C2/C(=O)C(=O)N(c3cccc4ccccc34)C2c2ccco2)ccc1Cl. The van der Waals surface area contributed by atoms with Gasteiger partial charge in [0.05, 0.1) is 29.7 Å². The van der Waals surface area contributed by atoms with Crippen LogP contribution >= 0.6 is 11.6 Å². The van der Waals surface area contributed by atoms with Crippen molar-refractivity contribution in [2.75, 3.05) is 12.0 Å². The summed E-state index contributed by atoms with van der Waals surface area (Å²) in [4.78, 5) is 28.0. The smallest absolute Gasteiger partial charge is 0.300 e. The van der Waals surface area contributed by atoms with E-state index in [1.165, 1.54) is 24.3 Å². The molecule has 0 radical (unpaired) electrons. The number of halogens is 1. The number of aliphatic hydroxyl groups is 1. The number of methoxy groups -OCH3 is 1. The molecule has 0 spiro atoms. The van der Waals surface area contributed by atoms with Crippen LogP contribution in [-0.4, -0.2) is 23.9 Å². The molecule has 4 aromatic rings. The first-order valence-corrected chi connectivity index (χ1v) is 10.5. The van der Waals surface area contributed by atoms with E-state index in [1.807, 2.05) is 36.4 Å². The largest absolute Gasteiger partial charge is 0.507 e. The highest BCUT2D eigenvalue weighted by Gasteiger charge is 2.48. The monoisotopic (exact) mass is 459 g/mol. The Morgan fingerprint density at radius 1 is 1.03 bits per heavy atom. The summed E-state index contributed by atoms with van der Waals surface area (Å²) in [5, 5.41) is 13.3. The van der Waals surface area contributed by atoms with Gasteiger partial charge in [0.15, 0.2) is 0 Å². The minimum absolute atomic E-state index is 0.0766. The first-order valence-electron chi connectivity index (χ1n) is 10.2. The zero-order valence-electron chi connectivity index (χ0n) is 17.5. The third-order valence-corrected chi connectivity index (χ3v) is 6.02. The lowest BCUT2D eigenvalue weighted by Crippen LogP contribution is -2.29. The van der Waals surface area contributed by atoms with E-state index in [4.69, 9.17) is 20.8 Å². The summed E-state index contributed by atoms with van der Waals surface area (Å²) >= 11 is 6.11. The number of rotatable bonds is 4. The lowest BCUT2D eigenvalue weighted by atomic mass is 9.98. The highest BCUT2D eigenvalue weighted by molar-refractivity contribution is 6.52. The molecule has 1 aliphatic heterocycles. The number of ketones is 1. The van der Waals surface area contributed by atoms with E-state index in [2.05, 4.69) is 0 Å². The van der Waals surface area contributed by atoms with Gasteiger partial charge in [-0.05, 0) is 41.8 Å². The number of fused-ring (bicyclic) bond motifs is 1. The van der Waals surface area contributed by atoms with Crippen LogP contribution in [0.2, 0.25) is 5.02 Å². The fraction of sp³-hybridized carbons (Fsp3) is 0.0769. The Kier molecular flexibility index (Phi) is 5.15. The number of ether oxygens (including phenoxy) is 1. The second-order valence-electron chi connectivity index (χ2n) is 7.53. The van der Waals surface area contributed by atoms with Crippen molar-refractivity contribution in [3.8, 4) is 5.75 Å². The molecule has 7 heteroatoms. The number of Topliss-reactive ketones (excluding diaryl/α,β-unsaturated/α-hetero) is 1. The standard InChI is InChI=1S/C26H18ClNO5/c1-32-21-14-16(11-12-18(21)27)24(29)22-23(20-10-5-13-33-20)28(26(31)25(22)30)19-9-4-7-15-6-2-3-8-17(15)19/h2-14,23,29H,1H3/b24-22-. The number of anilines is 1. The summed E-state index contributed by atoms with van der Waals surface area (Å²) in [7, 11) is 1.45. The van der Waals surface area contributed by atoms with Crippen LogP contribution in [0.3, 0.4) is 0 Å². The van der Waals surface area contributed by atoms with Crippen molar-refractivity contribution >= 4 is 45.5 Å². The maximum absolute atomic E-state index is 13.3. The quantitative estimate of drug-likeness (QED) is 0.240. The number of amides is 1.